The Kier molecular flexibility index (Phi) is 5.15. The molecule has 0 spiro atoms. The van der Waals surface area contributed by atoms with Crippen LogP contribution in [0.5, 0.6) is 5.88 Å². The molecule has 2 atom stereocenters. The number of likely N-dealkylation sites (tertiary alicyclic amines) is 1. The Morgan fingerprint density at radius 2 is 1.52 bits per heavy atom. The predicted octanol–water partition coefficient (Wildman–Crippen LogP) is 4.57. The second-order valence-corrected chi connectivity index (χ2v) is 6.66. The van der Waals surface area contributed by atoms with E-state index in [4.69, 9.17) is 4.74 Å². The molecule has 0 N–H and O–H groups in total. The summed E-state index contributed by atoms with van der Waals surface area (Å²) in [6.45, 7) is 0.743. The van der Waals surface area contributed by atoms with Gasteiger partial charge in [-0.1, -0.05) is 66.7 Å². The Bertz CT molecular complexity index is 869. The monoisotopic (exact) mass is 358 g/mol. The summed E-state index contributed by atoms with van der Waals surface area (Å²) in [6, 6.07) is 25.6. The third-order valence-electron chi connectivity index (χ3n) is 4.89. The third-order valence-corrected chi connectivity index (χ3v) is 4.89. The molecule has 1 aliphatic rings. The van der Waals surface area contributed by atoms with E-state index in [2.05, 4.69) is 17.1 Å². The van der Waals surface area contributed by atoms with Crippen molar-refractivity contribution in [1.82, 2.24) is 9.88 Å². The lowest BCUT2D eigenvalue weighted by atomic mass is 9.94. The molecule has 1 amide bonds. The maximum Gasteiger partial charge on any atom is 0.223 e. The third kappa shape index (κ3) is 3.85. The highest BCUT2D eigenvalue weighted by atomic mass is 16.5. The first-order valence-electron chi connectivity index (χ1n) is 9.30. The number of pyridine rings is 1. The molecule has 3 aromatic rings. The van der Waals surface area contributed by atoms with Crippen LogP contribution < -0.4 is 4.74 Å². The number of hydrogen-bond donors (Lipinski definition) is 0. The lowest BCUT2D eigenvalue weighted by Gasteiger charge is -2.35. The van der Waals surface area contributed by atoms with Crippen molar-refractivity contribution in [2.24, 2.45) is 0 Å². The molecule has 2 aromatic carbocycles. The smallest absolute Gasteiger partial charge is 0.223 e. The summed E-state index contributed by atoms with van der Waals surface area (Å²) in [4.78, 5) is 18.9. The summed E-state index contributed by atoms with van der Waals surface area (Å²) >= 11 is 0. The van der Waals surface area contributed by atoms with Crippen molar-refractivity contribution in [2.75, 3.05) is 6.54 Å². The molecule has 1 aromatic heterocycles. The Labute approximate surface area is 159 Å². The van der Waals surface area contributed by atoms with Gasteiger partial charge in [0.1, 0.15) is 6.10 Å². The number of aromatic nitrogens is 1. The van der Waals surface area contributed by atoms with Crippen LogP contribution >= 0.6 is 0 Å². The van der Waals surface area contributed by atoms with Crippen LogP contribution in [0.3, 0.4) is 0 Å². The highest BCUT2D eigenvalue weighted by Crippen LogP contribution is 2.39. The first-order chi connectivity index (χ1) is 13.3. The van der Waals surface area contributed by atoms with E-state index in [0.29, 0.717) is 12.3 Å². The van der Waals surface area contributed by atoms with Gasteiger partial charge < -0.3 is 9.64 Å². The van der Waals surface area contributed by atoms with Gasteiger partial charge in [0, 0.05) is 25.2 Å². The van der Waals surface area contributed by atoms with E-state index < -0.39 is 0 Å². The first-order valence-corrected chi connectivity index (χ1v) is 9.30. The van der Waals surface area contributed by atoms with Gasteiger partial charge >= 0.3 is 0 Å². The number of benzene rings is 2. The highest BCUT2D eigenvalue weighted by molar-refractivity contribution is 5.78. The summed E-state index contributed by atoms with van der Waals surface area (Å²) in [7, 11) is 0. The molecule has 1 saturated heterocycles. The van der Waals surface area contributed by atoms with E-state index in [0.717, 1.165) is 24.1 Å². The number of nitrogens with zero attached hydrogens (tertiary/aromatic N) is 2. The van der Waals surface area contributed by atoms with Gasteiger partial charge in [0.2, 0.25) is 11.8 Å². The van der Waals surface area contributed by atoms with E-state index >= 15 is 0 Å². The fourth-order valence-corrected chi connectivity index (χ4v) is 3.64. The van der Waals surface area contributed by atoms with E-state index in [1.54, 1.807) is 6.20 Å². The number of carbonyl (C=O) groups is 1. The molecule has 1 fully saturated rings. The molecule has 0 aliphatic carbocycles. The standard InChI is InChI=1S/C23H22N2O2/c26-21-15-9-17-25(21)22(18-10-3-1-4-11-18)23(19-12-5-2-6-13-19)27-20-14-7-8-16-24-20/h1-8,10-14,16,22-23H,9,15,17H2/t22-,23+/m0/s1. The lowest BCUT2D eigenvalue weighted by Crippen LogP contribution is -2.36. The van der Waals surface area contributed by atoms with Crippen LogP contribution in [0, 0.1) is 0 Å². The van der Waals surface area contributed by atoms with Crippen LogP contribution in [-0.4, -0.2) is 22.3 Å². The van der Waals surface area contributed by atoms with Crippen molar-refractivity contribution in [1.29, 1.82) is 0 Å². The minimum atomic E-state index is -0.342. The second-order valence-electron chi connectivity index (χ2n) is 6.66. The van der Waals surface area contributed by atoms with Gasteiger partial charge in [-0.2, -0.15) is 0 Å². The summed E-state index contributed by atoms with van der Waals surface area (Å²) in [5, 5.41) is 0. The van der Waals surface area contributed by atoms with Gasteiger partial charge in [-0.3, -0.25) is 4.79 Å². The number of amides is 1. The van der Waals surface area contributed by atoms with E-state index in [1.807, 2.05) is 71.6 Å². The molecule has 4 rings (SSSR count). The van der Waals surface area contributed by atoms with Crippen molar-refractivity contribution < 1.29 is 9.53 Å². The number of ether oxygens (including phenoxy) is 1. The van der Waals surface area contributed by atoms with Crippen LogP contribution in [0.4, 0.5) is 0 Å². The molecule has 0 bridgehead atoms. The lowest BCUT2D eigenvalue weighted by molar-refractivity contribution is -0.132. The Morgan fingerprint density at radius 1 is 0.852 bits per heavy atom. The van der Waals surface area contributed by atoms with Crippen molar-refractivity contribution in [3.05, 3.63) is 96.2 Å². The molecule has 0 unspecified atom stereocenters. The van der Waals surface area contributed by atoms with Crippen LogP contribution in [0.2, 0.25) is 0 Å². The minimum absolute atomic E-state index is 0.175. The maximum absolute atomic E-state index is 12.6. The van der Waals surface area contributed by atoms with Gasteiger partial charge in [0.05, 0.1) is 6.04 Å². The fourth-order valence-electron chi connectivity index (χ4n) is 3.64. The van der Waals surface area contributed by atoms with Gasteiger partial charge in [-0.15, -0.1) is 0 Å². The topological polar surface area (TPSA) is 42.4 Å². The minimum Gasteiger partial charge on any atom is -0.467 e. The van der Waals surface area contributed by atoms with Gasteiger partial charge in [-0.25, -0.2) is 4.98 Å². The molecule has 4 heteroatoms. The zero-order valence-electron chi connectivity index (χ0n) is 15.1. The normalized spacial score (nSPS) is 16.1. The Balaban J connectivity index is 1.79. The molecule has 2 heterocycles. The molecule has 136 valence electrons. The van der Waals surface area contributed by atoms with E-state index in [9.17, 15) is 4.79 Å². The zero-order valence-corrected chi connectivity index (χ0v) is 15.1. The van der Waals surface area contributed by atoms with Crippen LogP contribution in [-0.2, 0) is 4.79 Å². The first kappa shape index (κ1) is 17.3. The largest absolute Gasteiger partial charge is 0.467 e. The molecule has 0 saturated carbocycles. The maximum atomic E-state index is 12.6. The molecule has 1 aliphatic heterocycles. The van der Waals surface area contributed by atoms with E-state index in [1.165, 1.54) is 0 Å². The van der Waals surface area contributed by atoms with Crippen molar-refractivity contribution >= 4 is 5.91 Å². The number of rotatable bonds is 6. The number of hydrogen-bond acceptors (Lipinski definition) is 3. The van der Waals surface area contributed by atoms with E-state index in [-0.39, 0.29) is 18.1 Å². The van der Waals surface area contributed by atoms with Crippen molar-refractivity contribution in [2.45, 2.75) is 25.0 Å². The molecular formula is C23H22N2O2. The average Bonchev–Trinajstić information content (AvgIpc) is 3.15. The van der Waals surface area contributed by atoms with Crippen LogP contribution in [0.25, 0.3) is 0 Å². The molecule has 27 heavy (non-hydrogen) atoms. The SMILES string of the molecule is O=C1CCCN1[C@@H](c1ccccc1)[C@H](Oc1ccccn1)c1ccccc1. The number of carbonyl (C=O) groups excluding carboxylic acids is 1. The summed E-state index contributed by atoms with van der Waals surface area (Å²) in [5.74, 6) is 0.730. The average molecular weight is 358 g/mol. The summed E-state index contributed by atoms with van der Waals surface area (Å²) < 4.78 is 6.37. The summed E-state index contributed by atoms with van der Waals surface area (Å²) in [6.07, 6.45) is 2.85. The van der Waals surface area contributed by atoms with Crippen LogP contribution in [0.1, 0.15) is 36.1 Å². The fraction of sp³-hybridized carbons (Fsp3) is 0.217. The molecule has 0 radical (unpaired) electrons. The summed E-state index contributed by atoms with van der Waals surface area (Å²) in [5.41, 5.74) is 2.09. The predicted molar refractivity (Wildman–Crippen MR) is 104 cm³/mol. The van der Waals surface area contributed by atoms with Crippen molar-refractivity contribution in [3.8, 4) is 5.88 Å². The van der Waals surface area contributed by atoms with Gasteiger partial charge in [0.15, 0.2) is 0 Å². The van der Waals surface area contributed by atoms with Gasteiger partial charge in [0.25, 0.3) is 0 Å². The second kappa shape index (κ2) is 8.04. The van der Waals surface area contributed by atoms with Crippen LogP contribution in [0.15, 0.2) is 85.1 Å². The van der Waals surface area contributed by atoms with Gasteiger partial charge in [-0.05, 0) is 23.6 Å². The Morgan fingerprint density at radius 3 is 2.11 bits per heavy atom. The molecule has 4 nitrogen and oxygen atoms in total. The quantitative estimate of drug-likeness (QED) is 0.648. The highest BCUT2D eigenvalue weighted by Gasteiger charge is 2.37. The Hall–Kier alpha value is -3.14. The van der Waals surface area contributed by atoms with Crippen molar-refractivity contribution in [3.63, 3.8) is 0 Å². The molecular weight excluding hydrogens is 336 g/mol. The zero-order chi connectivity index (χ0) is 18.5.